The number of anilines is 3. The summed E-state index contributed by atoms with van der Waals surface area (Å²) < 4.78 is 34.6. The van der Waals surface area contributed by atoms with E-state index in [-0.39, 0.29) is 37.0 Å². The van der Waals surface area contributed by atoms with Gasteiger partial charge in [-0.25, -0.2) is 23.7 Å². The lowest BCUT2D eigenvalue weighted by molar-refractivity contribution is -0.0351. The van der Waals surface area contributed by atoms with Gasteiger partial charge in [-0.2, -0.15) is 4.98 Å². The number of hydrogen-bond acceptors (Lipinski definition) is 8. The summed E-state index contributed by atoms with van der Waals surface area (Å²) in [7, 11) is 0. The number of alkyl halides is 2. The van der Waals surface area contributed by atoms with Gasteiger partial charge in [0.05, 0.1) is 24.4 Å². The molecule has 1 aliphatic carbocycles. The number of halogens is 2. The Balaban J connectivity index is 1.52. The fourth-order valence-corrected chi connectivity index (χ4v) is 5.08. The van der Waals surface area contributed by atoms with Crippen molar-refractivity contribution in [3.63, 3.8) is 0 Å². The van der Waals surface area contributed by atoms with Gasteiger partial charge in [-0.15, -0.1) is 0 Å². The number of aromatic nitrogens is 4. The summed E-state index contributed by atoms with van der Waals surface area (Å²) in [5.74, 6) is -1.84. The van der Waals surface area contributed by atoms with Crippen LogP contribution in [0.25, 0.3) is 11.3 Å². The van der Waals surface area contributed by atoms with Gasteiger partial charge in [0.15, 0.2) is 0 Å². The van der Waals surface area contributed by atoms with E-state index < -0.39 is 11.8 Å². The minimum absolute atomic E-state index is 0.0191. The van der Waals surface area contributed by atoms with Crippen LogP contribution in [-0.4, -0.2) is 64.2 Å². The van der Waals surface area contributed by atoms with Gasteiger partial charge >= 0.3 is 0 Å². The van der Waals surface area contributed by atoms with Gasteiger partial charge in [-0.3, -0.25) is 0 Å². The summed E-state index contributed by atoms with van der Waals surface area (Å²) in [4.78, 5) is 21.9. The molecule has 5 rings (SSSR count). The lowest BCUT2D eigenvalue weighted by Gasteiger charge is -2.39. The second kappa shape index (κ2) is 8.06. The van der Waals surface area contributed by atoms with Gasteiger partial charge in [0.25, 0.3) is 5.92 Å². The molecule has 0 bridgehead atoms. The maximum Gasteiger partial charge on any atom is 0.252 e. The van der Waals surface area contributed by atoms with Gasteiger partial charge in [-0.1, -0.05) is 6.92 Å². The molecule has 0 aromatic carbocycles. The van der Waals surface area contributed by atoms with Crippen molar-refractivity contribution in [2.75, 3.05) is 41.8 Å². The van der Waals surface area contributed by atoms with Crippen LogP contribution in [0.1, 0.15) is 33.1 Å². The first kappa shape index (κ1) is 21.2. The molecular weight excluding hydrogens is 416 g/mol. The molecule has 0 radical (unpaired) electrons. The molecule has 8 nitrogen and oxygen atoms in total. The van der Waals surface area contributed by atoms with Gasteiger partial charge in [0.1, 0.15) is 5.82 Å². The van der Waals surface area contributed by atoms with Gasteiger partial charge in [-0.05, 0) is 25.7 Å². The minimum Gasteiger partial charge on any atom is -0.374 e. The smallest absolute Gasteiger partial charge is 0.252 e. The summed E-state index contributed by atoms with van der Waals surface area (Å²) in [6.07, 6.45) is 4.81. The Morgan fingerprint density at radius 1 is 1.19 bits per heavy atom. The molecule has 4 atom stereocenters. The Hall–Kier alpha value is -2.62. The molecule has 3 fully saturated rings. The third-order valence-electron chi connectivity index (χ3n) is 7.04. The Kier molecular flexibility index (Phi) is 5.35. The Morgan fingerprint density at radius 3 is 2.69 bits per heavy atom. The zero-order chi connectivity index (χ0) is 22.5. The zero-order valence-corrected chi connectivity index (χ0v) is 18.4. The second-order valence-corrected chi connectivity index (χ2v) is 9.18. The third-order valence-corrected chi connectivity index (χ3v) is 7.04. The highest BCUT2D eigenvalue weighted by Crippen LogP contribution is 2.48. The van der Waals surface area contributed by atoms with Crippen molar-refractivity contribution in [1.29, 1.82) is 0 Å². The molecule has 3 aliphatic rings. The highest BCUT2D eigenvalue weighted by molar-refractivity contribution is 5.64. The number of fused-ring (bicyclic) bond motifs is 1. The topological polar surface area (TPSA) is 93.3 Å². The molecule has 10 heteroatoms. The Bertz CT molecular complexity index is 973. The van der Waals surface area contributed by atoms with E-state index in [0.717, 1.165) is 18.8 Å². The standard InChI is InChI=1S/C22H29F2N7O/c1-3-16-10-31(13(2)12-32-16)19-6-18(15-7-26-20(25)27-8-15)28-21(29-19)30-9-14-4-5-22(23,24)17(14)11-30/h6-8,13-14,16-17H,3-5,9-12H2,1-2H3,(H2,25,26,27)/t13-,14+,16-,17-/m0/s1. The number of hydrogen-bond donors (Lipinski definition) is 1. The summed E-state index contributed by atoms with van der Waals surface area (Å²) in [5, 5.41) is 0. The number of rotatable bonds is 4. The summed E-state index contributed by atoms with van der Waals surface area (Å²) in [5.41, 5.74) is 7.01. The molecular formula is C22H29F2N7O. The van der Waals surface area contributed by atoms with Crippen molar-refractivity contribution in [1.82, 2.24) is 19.9 Å². The first-order chi connectivity index (χ1) is 15.3. The molecule has 0 amide bonds. The Morgan fingerprint density at radius 2 is 1.97 bits per heavy atom. The monoisotopic (exact) mass is 445 g/mol. The highest BCUT2D eigenvalue weighted by Gasteiger charge is 2.54. The molecule has 2 aromatic rings. The van der Waals surface area contributed by atoms with E-state index in [1.165, 1.54) is 0 Å². The van der Waals surface area contributed by atoms with Crippen LogP contribution in [0.4, 0.5) is 26.5 Å². The van der Waals surface area contributed by atoms with Gasteiger partial charge in [0.2, 0.25) is 11.9 Å². The fourth-order valence-electron chi connectivity index (χ4n) is 5.08. The van der Waals surface area contributed by atoms with E-state index in [0.29, 0.717) is 36.8 Å². The molecule has 4 heterocycles. The van der Waals surface area contributed by atoms with Crippen molar-refractivity contribution < 1.29 is 13.5 Å². The van der Waals surface area contributed by atoms with Crippen LogP contribution in [0.5, 0.6) is 0 Å². The van der Waals surface area contributed by atoms with Crippen molar-refractivity contribution in [3.8, 4) is 11.3 Å². The average Bonchev–Trinajstić information content (AvgIpc) is 3.35. The van der Waals surface area contributed by atoms with E-state index in [1.807, 2.05) is 11.0 Å². The first-order valence-corrected chi connectivity index (χ1v) is 11.3. The second-order valence-electron chi connectivity index (χ2n) is 9.18. The van der Waals surface area contributed by atoms with Gasteiger partial charge in [0, 0.05) is 56.0 Å². The molecule has 32 heavy (non-hydrogen) atoms. The lowest BCUT2D eigenvalue weighted by atomic mass is 9.99. The normalized spacial score (nSPS) is 29.4. The van der Waals surface area contributed by atoms with E-state index in [2.05, 4.69) is 28.7 Å². The molecule has 2 aliphatic heterocycles. The predicted octanol–water partition coefficient (Wildman–Crippen LogP) is 3.00. The lowest BCUT2D eigenvalue weighted by Crippen LogP contribution is -2.48. The van der Waals surface area contributed by atoms with Crippen molar-refractivity contribution in [2.24, 2.45) is 11.8 Å². The van der Waals surface area contributed by atoms with Crippen LogP contribution in [0.2, 0.25) is 0 Å². The van der Waals surface area contributed by atoms with E-state index in [1.54, 1.807) is 12.4 Å². The van der Waals surface area contributed by atoms with Crippen molar-refractivity contribution >= 4 is 17.7 Å². The van der Waals surface area contributed by atoms with E-state index in [4.69, 9.17) is 20.4 Å². The molecule has 172 valence electrons. The van der Waals surface area contributed by atoms with Crippen LogP contribution < -0.4 is 15.5 Å². The maximum absolute atomic E-state index is 14.4. The molecule has 2 aromatic heterocycles. The number of morpholine rings is 1. The largest absolute Gasteiger partial charge is 0.374 e. The number of nitrogen functional groups attached to an aromatic ring is 1. The zero-order valence-electron chi connectivity index (χ0n) is 18.4. The van der Waals surface area contributed by atoms with E-state index in [9.17, 15) is 8.78 Å². The number of nitrogens with zero attached hydrogens (tertiary/aromatic N) is 6. The van der Waals surface area contributed by atoms with E-state index >= 15 is 0 Å². The maximum atomic E-state index is 14.4. The first-order valence-electron chi connectivity index (χ1n) is 11.3. The van der Waals surface area contributed by atoms with Crippen molar-refractivity contribution in [2.45, 2.75) is 51.2 Å². The molecule has 0 unspecified atom stereocenters. The highest BCUT2D eigenvalue weighted by atomic mass is 19.3. The van der Waals surface area contributed by atoms with Crippen LogP contribution >= 0.6 is 0 Å². The van der Waals surface area contributed by atoms with Crippen LogP contribution in [-0.2, 0) is 4.74 Å². The SMILES string of the molecule is CC[C@H]1CN(c2cc(-c3cnc(N)nc3)nc(N3C[C@H]4CCC(F)(F)[C@H]4C3)n2)[C@@H](C)CO1. The molecule has 0 spiro atoms. The number of nitrogens with two attached hydrogens (primary N) is 1. The Labute approximate surface area is 186 Å². The molecule has 1 saturated carbocycles. The summed E-state index contributed by atoms with van der Waals surface area (Å²) >= 11 is 0. The predicted molar refractivity (Wildman–Crippen MR) is 118 cm³/mol. The summed E-state index contributed by atoms with van der Waals surface area (Å²) in [6.45, 7) is 6.35. The van der Waals surface area contributed by atoms with Crippen LogP contribution in [0, 0.1) is 11.8 Å². The minimum atomic E-state index is -2.61. The number of ether oxygens (including phenoxy) is 1. The van der Waals surface area contributed by atoms with Crippen LogP contribution in [0.15, 0.2) is 18.5 Å². The average molecular weight is 446 g/mol. The summed E-state index contributed by atoms with van der Waals surface area (Å²) in [6, 6.07) is 2.05. The fraction of sp³-hybridized carbons (Fsp3) is 0.636. The third kappa shape index (κ3) is 3.85. The molecule has 2 N–H and O–H groups in total. The van der Waals surface area contributed by atoms with Crippen LogP contribution in [0.3, 0.4) is 0 Å². The van der Waals surface area contributed by atoms with Gasteiger partial charge < -0.3 is 20.3 Å². The quantitative estimate of drug-likeness (QED) is 0.768. The van der Waals surface area contributed by atoms with Crippen molar-refractivity contribution in [3.05, 3.63) is 18.5 Å². The molecule has 2 saturated heterocycles.